The maximum Gasteiger partial charge on any atom is 0.295 e. The van der Waals surface area contributed by atoms with Gasteiger partial charge < -0.3 is 10.5 Å². The van der Waals surface area contributed by atoms with Crippen LogP contribution in [-0.2, 0) is 20.2 Å². The lowest BCUT2D eigenvalue weighted by atomic mass is 10.1. The number of non-ortho nitro benzene ring substituents is 1. The van der Waals surface area contributed by atoms with Crippen LogP contribution in [0.15, 0.2) is 68.6 Å². The second-order valence-corrected chi connectivity index (χ2v) is 11.1. The average molecular weight is 566 g/mol. The molecule has 0 radical (unpaired) electrons. The quantitative estimate of drug-likeness (QED) is 0.123. The summed E-state index contributed by atoms with van der Waals surface area (Å²) in [5.74, 6) is 0.596. The third kappa shape index (κ3) is 5.39. The van der Waals surface area contributed by atoms with E-state index in [0.29, 0.717) is 23.1 Å². The zero-order chi connectivity index (χ0) is 27.1. The second kappa shape index (κ2) is 9.45. The third-order valence-electron chi connectivity index (χ3n) is 4.98. The van der Waals surface area contributed by atoms with Crippen LogP contribution in [0.4, 0.5) is 21.5 Å². The zero-order valence-corrected chi connectivity index (χ0v) is 20.9. The number of nitro groups is 1. The highest BCUT2D eigenvalue weighted by atomic mass is 32.2. The van der Waals surface area contributed by atoms with Crippen molar-refractivity contribution in [2.75, 3.05) is 12.8 Å². The van der Waals surface area contributed by atoms with Crippen LogP contribution in [0.3, 0.4) is 0 Å². The number of aromatic nitrogens is 1. The molecule has 0 bridgehead atoms. The van der Waals surface area contributed by atoms with Crippen LogP contribution in [0, 0.1) is 10.1 Å². The maximum atomic E-state index is 12.1. The molecule has 192 valence electrons. The Bertz CT molecular complexity index is 1800. The molecular formula is C20H15N5O9S3. The summed E-state index contributed by atoms with van der Waals surface area (Å²) in [5.41, 5.74) is 5.69. The van der Waals surface area contributed by atoms with Gasteiger partial charge in [-0.05, 0) is 36.4 Å². The first-order chi connectivity index (χ1) is 17.3. The molecule has 0 aliphatic heterocycles. The molecule has 0 aliphatic rings. The van der Waals surface area contributed by atoms with Gasteiger partial charge in [-0.25, -0.2) is 4.98 Å². The van der Waals surface area contributed by atoms with E-state index >= 15 is 0 Å². The molecule has 0 atom stereocenters. The first-order valence-corrected chi connectivity index (χ1v) is 13.5. The van der Waals surface area contributed by atoms with Gasteiger partial charge in [0.05, 0.1) is 17.7 Å². The molecule has 37 heavy (non-hydrogen) atoms. The summed E-state index contributed by atoms with van der Waals surface area (Å²) < 4.78 is 72.6. The number of nitrogens with two attached hydrogens (primary N) is 1. The van der Waals surface area contributed by atoms with Crippen LogP contribution in [-0.4, -0.2) is 43.0 Å². The summed E-state index contributed by atoms with van der Waals surface area (Å²) in [4.78, 5) is 12.7. The molecule has 17 heteroatoms. The maximum absolute atomic E-state index is 12.1. The van der Waals surface area contributed by atoms with E-state index in [1.165, 1.54) is 7.11 Å². The van der Waals surface area contributed by atoms with E-state index in [0.717, 1.165) is 29.5 Å². The lowest BCUT2D eigenvalue weighted by molar-refractivity contribution is -0.384. The predicted octanol–water partition coefficient (Wildman–Crippen LogP) is 4.37. The predicted molar refractivity (Wildman–Crippen MR) is 133 cm³/mol. The molecule has 14 nitrogen and oxygen atoms in total. The van der Waals surface area contributed by atoms with E-state index in [9.17, 15) is 36.1 Å². The zero-order valence-electron chi connectivity index (χ0n) is 18.5. The van der Waals surface area contributed by atoms with E-state index in [-0.39, 0.29) is 15.8 Å². The fourth-order valence-corrected chi connectivity index (χ4v) is 5.50. The van der Waals surface area contributed by atoms with Crippen LogP contribution in [0.2, 0.25) is 0 Å². The number of rotatable bonds is 7. The summed E-state index contributed by atoms with van der Waals surface area (Å²) in [5, 5.41) is 18.7. The Kier molecular flexibility index (Phi) is 6.65. The number of nitro benzene ring substituents is 1. The van der Waals surface area contributed by atoms with Crippen molar-refractivity contribution in [2.24, 2.45) is 10.2 Å². The molecule has 0 amide bonds. The number of hydrogen-bond donors (Lipinski definition) is 3. The summed E-state index contributed by atoms with van der Waals surface area (Å²) in [7, 11) is -8.59. The van der Waals surface area contributed by atoms with Crippen LogP contribution < -0.4 is 10.5 Å². The topological polar surface area (TPSA) is 225 Å². The summed E-state index contributed by atoms with van der Waals surface area (Å²) >= 11 is 0.961. The molecule has 4 rings (SSSR count). The Morgan fingerprint density at radius 2 is 1.57 bits per heavy atom. The number of methoxy groups -OCH3 is 1. The van der Waals surface area contributed by atoms with E-state index in [1.807, 2.05) is 0 Å². The monoisotopic (exact) mass is 565 g/mol. The van der Waals surface area contributed by atoms with E-state index in [2.05, 4.69) is 15.2 Å². The molecule has 0 spiro atoms. The van der Waals surface area contributed by atoms with Crippen molar-refractivity contribution in [1.82, 2.24) is 4.98 Å². The van der Waals surface area contributed by atoms with Crippen LogP contribution >= 0.6 is 11.3 Å². The molecule has 4 aromatic rings. The number of anilines is 1. The van der Waals surface area contributed by atoms with Crippen molar-refractivity contribution < 1.29 is 35.6 Å². The third-order valence-corrected chi connectivity index (χ3v) is 7.53. The number of ether oxygens (including phenoxy) is 1. The second-order valence-electron chi connectivity index (χ2n) is 7.32. The Morgan fingerprint density at radius 3 is 2.14 bits per heavy atom. The minimum atomic E-state index is -5.06. The van der Waals surface area contributed by atoms with Gasteiger partial charge in [0.25, 0.3) is 25.9 Å². The Labute approximate surface area is 212 Å². The van der Waals surface area contributed by atoms with Crippen molar-refractivity contribution in [3.8, 4) is 17.0 Å². The standard InChI is InChI=1S/C20H15N5O9S3/c1-34-13-4-2-10(3-5-13)18-19(35-20(21)22-18)24-23-11-6-14-15(16(7-11)36(28,29)30)8-12(25(26)27)9-17(14)37(31,32)33/h2-9H,1H3,(H2,21,22)(H,28,29,30)(H,31,32,33). The SMILES string of the molecule is COc1ccc(-c2nc(N)sc2N=Nc2cc(S(=O)(=O)O)c3cc([N+](=O)[O-])cc(S(=O)(=O)O)c3c2)cc1. The van der Waals surface area contributed by atoms with Gasteiger partial charge in [0.15, 0.2) is 10.1 Å². The number of thiazole rings is 1. The van der Waals surface area contributed by atoms with Gasteiger partial charge in [0.1, 0.15) is 21.2 Å². The lowest BCUT2D eigenvalue weighted by Crippen LogP contribution is -2.04. The molecule has 0 saturated heterocycles. The first kappa shape index (κ1) is 26.0. The van der Waals surface area contributed by atoms with E-state index < -0.39 is 51.4 Å². The molecule has 1 aromatic heterocycles. The fourth-order valence-electron chi connectivity index (χ4n) is 3.39. The minimum Gasteiger partial charge on any atom is -0.497 e. The number of nitrogens with zero attached hydrogens (tertiary/aromatic N) is 4. The molecule has 0 aliphatic carbocycles. The van der Waals surface area contributed by atoms with Gasteiger partial charge in [-0.15, -0.1) is 10.2 Å². The Balaban J connectivity index is 1.92. The molecule has 0 fully saturated rings. The highest BCUT2D eigenvalue weighted by Crippen LogP contribution is 2.40. The Morgan fingerprint density at radius 1 is 0.973 bits per heavy atom. The minimum absolute atomic E-state index is 0.151. The molecule has 3 aromatic carbocycles. The number of hydrogen-bond acceptors (Lipinski definition) is 12. The van der Waals surface area contributed by atoms with Gasteiger partial charge in [-0.3, -0.25) is 19.2 Å². The van der Waals surface area contributed by atoms with Crippen LogP contribution in [0.25, 0.3) is 22.0 Å². The smallest absolute Gasteiger partial charge is 0.295 e. The van der Waals surface area contributed by atoms with E-state index in [4.69, 9.17) is 10.5 Å². The molecule has 4 N–H and O–H groups in total. The average Bonchev–Trinajstić information content (AvgIpc) is 3.20. The number of fused-ring (bicyclic) bond motifs is 1. The number of benzene rings is 3. The van der Waals surface area contributed by atoms with Crippen molar-refractivity contribution in [3.05, 3.63) is 58.6 Å². The van der Waals surface area contributed by atoms with E-state index in [1.54, 1.807) is 24.3 Å². The van der Waals surface area contributed by atoms with Crippen LogP contribution in [0.1, 0.15) is 0 Å². The summed E-state index contributed by atoms with van der Waals surface area (Å²) in [6.07, 6.45) is 0. The highest BCUT2D eigenvalue weighted by molar-refractivity contribution is 7.86. The number of azo groups is 1. The molecular weight excluding hydrogens is 550 g/mol. The summed E-state index contributed by atoms with van der Waals surface area (Å²) in [6, 6.07) is 9.95. The first-order valence-electron chi connectivity index (χ1n) is 9.81. The van der Waals surface area contributed by atoms with Crippen LogP contribution in [0.5, 0.6) is 5.75 Å². The largest absolute Gasteiger partial charge is 0.497 e. The van der Waals surface area contributed by atoms with Gasteiger partial charge >= 0.3 is 0 Å². The molecule has 1 heterocycles. The molecule has 0 saturated carbocycles. The highest BCUT2D eigenvalue weighted by Gasteiger charge is 2.25. The molecule has 0 unspecified atom stereocenters. The normalized spacial score (nSPS) is 12.3. The van der Waals surface area contributed by atoms with Gasteiger partial charge in [-0.1, -0.05) is 11.3 Å². The van der Waals surface area contributed by atoms with Crippen molar-refractivity contribution in [3.63, 3.8) is 0 Å². The lowest BCUT2D eigenvalue weighted by Gasteiger charge is -2.09. The Hall–Kier alpha value is -4.03. The van der Waals surface area contributed by atoms with Gasteiger partial charge in [0.2, 0.25) is 0 Å². The number of nitrogen functional groups attached to an aromatic ring is 1. The summed E-state index contributed by atoms with van der Waals surface area (Å²) in [6.45, 7) is 0. The van der Waals surface area contributed by atoms with Crippen molar-refractivity contribution in [2.45, 2.75) is 9.79 Å². The van der Waals surface area contributed by atoms with Crippen molar-refractivity contribution >= 4 is 63.9 Å². The van der Waals surface area contributed by atoms with Gasteiger partial charge in [0, 0.05) is 28.5 Å². The fraction of sp³-hybridized carbons (Fsp3) is 0.0500. The van der Waals surface area contributed by atoms with Gasteiger partial charge in [-0.2, -0.15) is 16.8 Å². The van der Waals surface area contributed by atoms with Crippen molar-refractivity contribution in [1.29, 1.82) is 0 Å².